The lowest BCUT2D eigenvalue weighted by molar-refractivity contribution is -0.130. The first kappa shape index (κ1) is 27.1. The third-order valence-electron chi connectivity index (χ3n) is 4.35. The summed E-state index contributed by atoms with van der Waals surface area (Å²) in [6.07, 6.45) is 0.461. The number of hydrogen-bond donors (Lipinski definition) is 2. The molecule has 0 bridgehead atoms. The molecular formula is C20H34BrIN4O2. The Morgan fingerprint density at radius 1 is 1.29 bits per heavy atom. The molecule has 0 saturated carbocycles. The van der Waals surface area contributed by atoms with Crippen LogP contribution in [0.15, 0.2) is 33.7 Å². The van der Waals surface area contributed by atoms with Gasteiger partial charge in [-0.1, -0.05) is 54.9 Å². The van der Waals surface area contributed by atoms with Crippen LogP contribution in [0.4, 0.5) is 0 Å². The van der Waals surface area contributed by atoms with Crippen molar-refractivity contribution in [2.24, 2.45) is 10.4 Å². The number of methoxy groups -OCH3 is 1. The molecule has 6 nitrogen and oxygen atoms in total. The standard InChI is InChI=1S/C20H33BrN4O2.HI/c1-20(2,3)17(27-6)13-24-19(22-4)23-12-11-18(26)25(5)14-15-9-7-8-10-16(15)21;/h7-10,17H,11-14H2,1-6H3,(H2,22,23,24);1H. The van der Waals surface area contributed by atoms with Gasteiger partial charge >= 0.3 is 0 Å². The Morgan fingerprint density at radius 2 is 1.93 bits per heavy atom. The van der Waals surface area contributed by atoms with Gasteiger partial charge in [-0.3, -0.25) is 9.79 Å². The number of aliphatic imine (C=N–C) groups is 1. The summed E-state index contributed by atoms with van der Waals surface area (Å²) in [5.74, 6) is 0.751. The highest BCUT2D eigenvalue weighted by molar-refractivity contribution is 14.0. The van der Waals surface area contributed by atoms with Gasteiger partial charge in [-0.2, -0.15) is 0 Å². The average Bonchev–Trinajstić information content (AvgIpc) is 2.61. The van der Waals surface area contributed by atoms with Crippen molar-refractivity contribution in [1.29, 1.82) is 0 Å². The maximum atomic E-state index is 12.4. The Labute approximate surface area is 195 Å². The zero-order valence-electron chi connectivity index (χ0n) is 17.7. The predicted molar refractivity (Wildman–Crippen MR) is 130 cm³/mol. The Morgan fingerprint density at radius 3 is 2.46 bits per heavy atom. The molecule has 0 radical (unpaired) electrons. The van der Waals surface area contributed by atoms with Gasteiger partial charge in [0.15, 0.2) is 5.96 Å². The molecule has 0 aliphatic rings. The van der Waals surface area contributed by atoms with Gasteiger partial charge in [-0.05, 0) is 17.0 Å². The fourth-order valence-corrected chi connectivity index (χ4v) is 3.01. The van der Waals surface area contributed by atoms with E-state index in [1.165, 1.54) is 0 Å². The fourth-order valence-electron chi connectivity index (χ4n) is 2.60. The van der Waals surface area contributed by atoms with Crippen LogP contribution >= 0.6 is 39.9 Å². The van der Waals surface area contributed by atoms with Crippen molar-refractivity contribution >= 4 is 51.8 Å². The summed E-state index contributed by atoms with van der Waals surface area (Å²) >= 11 is 3.52. The van der Waals surface area contributed by atoms with Crippen LogP contribution in [-0.4, -0.2) is 57.2 Å². The Bertz CT molecular complexity index is 635. The third-order valence-corrected chi connectivity index (χ3v) is 5.12. The summed E-state index contributed by atoms with van der Waals surface area (Å²) in [5, 5.41) is 6.45. The van der Waals surface area contributed by atoms with Crippen LogP contribution in [0.3, 0.4) is 0 Å². The van der Waals surface area contributed by atoms with E-state index in [1.807, 2.05) is 31.3 Å². The SMILES string of the molecule is CN=C(NCCC(=O)N(C)Cc1ccccc1Br)NCC(OC)C(C)(C)C.I. The first-order valence-electron chi connectivity index (χ1n) is 9.13. The number of amides is 1. The number of hydrogen-bond acceptors (Lipinski definition) is 3. The van der Waals surface area contributed by atoms with Gasteiger partial charge < -0.3 is 20.3 Å². The van der Waals surface area contributed by atoms with Crippen LogP contribution in [0.1, 0.15) is 32.8 Å². The Hall–Kier alpha value is -0.870. The zero-order chi connectivity index (χ0) is 20.4. The normalized spacial score (nSPS) is 12.8. The van der Waals surface area contributed by atoms with Crippen molar-refractivity contribution in [1.82, 2.24) is 15.5 Å². The number of ether oxygens (including phenoxy) is 1. The summed E-state index contributed by atoms with van der Waals surface area (Å²) < 4.78 is 6.55. The second kappa shape index (κ2) is 13.4. The van der Waals surface area contributed by atoms with Crippen LogP contribution in [0.5, 0.6) is 0 Å². The minimum Gasteiger partial charge on any atom is -0.379 e. The van der Waals surface area contributed by atoms with Crippen LogP contribution < -0.4 is 10.6 Å². The summed E-state index contributed by atoms with van der Waals surface area (Å²) in [5.41, 5.74) is 1.12. The third kappa shape index (κ3) is 9.56. The van der Waals surface area contributed by atoms with Gasteiger partial charge in [-0.25, -0.2) is 0 Å². The van der Waals surface area contributed by atoms with E-state index in [0.717, 1.165) is 10.0 Å². The molecule has 1 aromatic rings. The highest BCUT2D eigenvalue weighted by Crippen LogP contribution is 2.21. The summed E-state index contributed by atoms with van der Waals surface area (Å²) in [4.78, 5) is 18.3. The van der Waals surface area contributed by atoms with Crippen LogP contribution in [0, 0.1) is 5.41 Å². The molecule has 8 heteroatoms. The predicted octanol–water partition coefficient (Wildman–Crippen LogP) is 3.64. The molecule has 0 spiro atoms. The molecular weight excluding hydrogens is 535 g/mol. The molecule has 28 heavy (non-hydrogen) atoms. The molecule has 160 valence electrons. The molecule has 0 fully saturated rings. The van der Waals surface area contributed by atoms with E-state index in [4.69, 9.17) is 4.74 Å². The largest absolute Gasteiger partial charge is 0.379 e. The molecule has 1 atom stereocenters. The molecule has 0 heterocycles. The number of nitrogens with one attached hydrogen (secondary N) is 2. The zero-order valence-corrected chi connectivity index (χ0v) is 21.6. The molecule has 1 aromatic carbocycles. The van der Waals surface area contributed by atoms with Gasteiger partial charge in [0.2, 0.25) is 5.91 Å². The maximum absolute atomic E-state index is 12.4. The first-order chi connectivity index (χ1) is 12.7. The van der Waals surface area contributed by atoms with Crippen LogP contribution in [0.2, 0.25) is 0 Å². The van der Waals surface area contributed by atoms with E-state index in [9.17, 15) is 4.79 Å². The fraction of sp³-hybridized carbons (Fsp3) is 0.600. The molecule has 1 unspecified atom stereocenters. The molecule has 1 rings (SSSR count). The summed E-state index contributed by atoms with van der Waals surface area (Å²) in [6.45, 7) is 8.16. The van der Waals surface area contributed by atoms with E-state index in [0.29, 0.717) is 32.0 Å². The number of guanidine groups is 1. The lowest BCUT2D eigenvalue weighted by atomic mass is 9.89. The molecule has 2 N–H and O–H groups in total. The molecule has 0 aromatic heterocycles. The lowest BCUT2D eigenvalue weighted by Crippen LogP contribution is -2.46. The smallest absolute Gasteiger partial charge is 0.224 e. The minimum atomic E-state index is 0. The van der Waals surface area contributed by atoms with E-state index in [1.54, 1.807) is 19.1 Å². The molecule has 0 aliphatic carbocycles. The summed E-state index contributed by atoms with van der Waals surface area (Å²) in [7, 11) is 5.25. The minimum absolute atomic E-state index is 0. The highest BCUT2D eigenvalue weighted by Gasteiger charge is 2.24. The number of rotatable bonds is 8. The van der Waals surface area contributed by atoms with Gasteiger partial charge in [0.1, 0.15) is 0 Å². The van der Waals surface area contributed by atoms with Crippen LogP contribution in [-0.2, 0) is 16.1 Å². The van der Waals surface area contributed by atoms with E-state index < -0.39 is 0 Å². The molecule has 1 amide bonds. The lowest BCUT2D eigenvalue weighted by Gasteiger charge is -2.30. The van der Waals surface area contributed by atoms with Gasteiger partial charge in [0.25, 0.3) is 0 Å². The van der Waals surface area contributed by atoms with Crippen molar-refractivity contribution < 1.29 is 9.53 Å². The van der Waals surface area contributed by atoms with Gasteiger partial charge in [0.05, 0.1) is 6.10 Å². The van der Waals surface area contributed by atoms with Gasteiger partial charge in [0, 0.05) is 51.7 Å². The Kier molecular flexibility index (Phi) is 13.0. The molecule has 0 aliphatic heterocycles. The molecule has 0 saturated heterocycles. The maximum Gasteiger partial charge on any atom is 0.224 e. The number of carbonyl (C=O) groups excluding carboxylic acids is 1. The summed E-state index contributed by atoms with van der Waals surface area (Å²) in [6, 6.07) is 7.93. The second-order valence-corrected chi connectivity index (χ2v) is 8.42. The number of carbonyl (C=O) groups is 1. The van der Waals surface area contributed by atoms with E-state index in [2.05, 4.69) is 52.3 Å². The highest BCUT2D eigenvalue weighted by atomic mass is 127. The van der Waals surface area contributed by atoms with E-state index in [-0.39, 0.29) is 41.4 Å². The average molecular weight is 569 g/mol. The van der Waals surface area contributed by atoms with Crippen LogP contribution in [0.25, 0.3) is 0 Å². The van der Waals surface area contributed by atoms with Crippen molar-refractivity contribution in [3.63, 3.8) is 0 Å². The first-order valence-corrected chi connectivity index (χ1v) is 9.93. The quantitative estimate of drug-likeness (QED) is 0.285. The van der Waals surface area contributed by atoms with Gasteiger partial charge in [-0.15, -0.1) is 24.0 Å². The van der Waals surface area contributed by atoms with Crippen molar-refractivity contribution in [2.75, 3.05) is 34.3 Å². The number of nitrogens with zero attached hydrogens (tertiary/aromatic N) is 2. The topological polar surface area (TPSA) is 66.0 Å². The Balaban J connectivity index is 0.00000729. The van der Waals surface area contributed by atoms with Crippen molar-refractivity contribution in [2.45, 2.75) is 39.8 Å². The van der Waals surface area contributed by atoms with Crippen molar-refractivity contribution in [3.8, 4) is 0 Å². The number of benzene rings is 1. The monoisotopic (exact) mass is 568 g/mol. The van der Waals surface area contributed by atoms with E-state index >= 15 is 0 Å². The number of halogens is 2. The second-order valence-electron chi connectivity index (χ2n) is 7.56. The van der Waals surface area contributed by atoms with Crippen molar-refractivity contribution in [3.05, 3.63) is 34.3 Å².